The van der Waals surface area contributed by atoms with E-state index in [1.807, 2.05) is 34.9 Å². The number of carbonyl (C=O) groups excluding carboxylic acids is 1. The highest BCUT2D eigenvalue weighted by Gasteiger charge is 2.22. The molecule has 0 aliphatic rings. The summed E-state index contributed by atoms with van der Waals surface area (Å²) in [6.07, 6.45) is 1.86. The fraction of sp³-hybridized carbons (Fsp3) is 0. The van der Waals surface area contributed by atoms with Crippen molar-refractivity contribution < 1.29 is 13.6 Å². The van der Waals surface area contributed by atoms with Crippen molar-refractivity contribution in [3.63, 3.8) is 0 Å². The van der Waals surface area contributed by atoms with Gasteiger partial charge in [0.1, 0.15) is 11.6 Å². The van der Waals surface area contributed by atoms with Crippen LogP contribution in [0.4, 0.5) is 8.78 Å². The molecular weight excluding hydrogens is 368 g/mol. The summed E-state index contributed by atoms with van der Waals surface area (Å²) in [5.74, 6) is -0.994. The molecule has 0 saturated carbocycles. The van der Waals surface area contributed by atoms with E-state index in [1.54, 1.807) is 30.3 Å². The predicted molar refractivity (Wildman–Crippen MR) is 110 cm³/mol. The Labute approximate surface area is 165 Å². The lowest BCUT2D eigenvalue weighted by Crippen LogP contribution is -2.04. The number of hydrogen-bond acceptors (Lipinski definition) is 1. The number of pyridine rings is 1. The Bertz CT molecular complexity index is 1380. The Kier molecular flexibility index (Phi) is 3.98. The van der Waals surface area contributed by atoms with Crippen LogP contribution in [0.3, 0.4) is 0 Å². The van der Waals surface area contributed by atoms with E-state index in [0.29, 0.717) is 27.8 Å². The number of ketones is 1. The topological polar surface area (TPSA) is 21.5 Å². The summed E-state index contributed by atoms with van der Waals surface area (Å²) in [4.78, 5) is 13.3. The smallest absolute Gasteiger partial charge is 0.195 e. The molecule has 5 rings (SSSR count). The first kappa shape index (κ1) is 17.3. The largest absolute Gasteiger partial charge is 0.315 e. The highest BCUT2D eigenvalue weighted by molar-refractivity contribution is 6.18. The van der Waals surface area contributed by atoms with Crippen molar-refractivity contribution in [3.8, 4) is 11.1 Å². The van der Waals surface area contributed by atoms with Crippen LogP contribution in [-0.4, -0.2) is 10.2 Å². The molecule has 0 amide bonds. The quantitative estimate of drug-likeness (QED) is 0.337. The van der Waals surface area contributed by atoms with Gasteiger partial charge in [-0.25, -0.2) is 8.78 Å². The van der Waals surface area contributed by atoms with E-state index in [4.69, 9.17) is 0 Å². The molecular formula is C25H15F2NO. The minimum absolute atomic E-state index is 0.240. The fourth-order valence-electron chi connectivity index (χ4n) is 3.86. The summed E-state index contributed by atoms with van der Waals surface area (Å²) < 4.78 is 30.0. The number of benzene rings is 3. The van der Waals surface area contributed by atoms with E-state index < -0.39 is 5.82 Å². The summed E-state index contributed by atoms with van der Waals surface area (Å²) in [6, 6.07) is 23.2. The third kappa shape index (κ3) is 2.72. The first-order valence-electron chi connectivity index (χ1n) is 9.22. The molecule has 2 heterocycles. The van der Waals surface area contributed by atoms with E-state index in [9.17, 15) is 13.6 Å². The van der Waals surface area contributed by atoms with Gasteiger partial charge in [0.25, 0.3) is 0 Å². The number of hydrogen-bond donors (Lipinski definition) is 0. The summed E-state index contributed by atoms with van der Waals surface area (Å²) in [6.45, 7) is 0. The molecule has 3 aromatic carbocycles. The number of halogens is 2. The molecule has 5 aromatic rings. The molecule has 2 aromatic heterocycles. The summed E-state index contributed by atoms with van der Waals surface area (Å²) in [5.41, 5.74) is 3.44. The van der Waals surface area contributed by atoms with Gasteiger partial charge in [0, 0.05) is 33.8 Å². The Balaban J connectivity index is 1.89. The predicted octanol–water partition coefficient (Wildman–Crippen LogP) is 6.27. The van der Waals surface area contributed by atoms with Gasteiger partial charge in [-0.1, -0.05) is 36.4 Å². The Morgan fingerprint density at radius 1 is 0.759 bits per heavy atom. The third-order valence-corrected chi connectivity index (χ3v) is 5.16. The second-order valence-electron chi connectivity index (χ2n) is 6.85. The van der Waals surface area contributed by atoms with E-state index in [1.165, 1.54) is 30.3 Å². The first-order valence-corrected chi connectivity index (χ1v) is 9.22. The van der Waals surface area contributed by atoms with Crippen LogP contribution in [0.1, 0.15) is 15.9 Å². The van der Waals surface area contributed by atoms with Crippen molar-refractivity contribution in [1.29, 1.82) is 0 Å². The van der Waals surface area contributed by atoms with Crippen LogP contribution in [0.15, 0.2) is 91.1 Å². The van der Waals surface area contributed by atoms with Gasteiger partial charge in [0.05, 0.1) is 11.0 Å². The number of aromatic nitrogens is 1. The van der Waals surface area contributed by atoms with E-state index in [-0.39, 0.29) is 11.6 Å². The summed E-state index contributed by atoms with van der Waals surface area (Å²) in [5, 5.41) is 0.858. The number of rotatable bonds is 3. The third-order valence-electron chi connectivity index (χ3n) is 5.16. The van der Waals surface area contributed by atoms with Gasteiger partial charge < -0.3 is 4.40 Å². The van der Waals surface area contributed by atoms with Crippen LogP contribution in [-0.2, 0) is 0 Å². The monoisotopic (exact) mass is 383 g/mol. The molecule has 0 aliphatic carbocycles. The van der Waals surface area contributed by atoms with E-state index >= 15 is 0 Å². The average Bonchev–Trinajstić information content (AvgIpc) is 3.09. The number of para-hydroxylation sites is 1. The average molecular weight is 383 g/mol. The van der Waals surface area contributed by atoms with Gasteiger partial charge in [0.2, 0.25) is 0 Å². The van der Waals surface area contributed by atoms with Crippen LogP contribution < -0.4 is 0 Å². The Morgan fingerprint density at radius 3 is 2.28 bits per heavy atom. The maximum absolute atomic E-state index is 14.8. The van der Waals surface area contributed by atoms with Gasteiger partial charge in [0.15, 0.2) is 5.78 Å². The lowest BCUT2D eigenvalue weighted by atomic mass is 9.97. The van der Waals surface area contributed by atoms with Crippen LogP contribution >= 0.6 is 0 Å². The summed E-state index contributed by atoms with van der Waals surface area (Å²) in [7, 11) is 0. The van der Waals surface area contributed by atoms with Crippen LogP contribution in [0.25, 0.3) is 27.5 Å². The molecule has 0 atom stereocenters. The zero-order valence-electron chi connectivity index (χ0n) is 15.3. The van der Waals surface area contributed by atoms with Crippen LogP contribution in [0.5, 0.6) is 0 Å². The van der Waals surface area contributed by atoms with Gasteiger partial charge in [-0.2, -0.15) is 0 Å². The lowest BCUT2D eigenvalue weighted by molar-refractivity contribution is 0.104. The molecule has 0 bridgehead atoms. The molecule has 0 aliphatic heterocycles. The van der Waals surface area contributed by atoms with Crippen molar-refractivity contribution in [2.24, 2.45) is 0 Å². The summed E-state index contributed by atoms with van der Waals surface area (Å²) >= 11 is 0. The minimum atomic E-state index is -0.403. The normalized spacial score (nSPS) is 11.2. The molecule has 0 spiro atoms. The van der Waals surface area contributed by atoms with Gasteiger partial charge in [-0.3, -0.25) is 4.79 Å². The van der Waals surface area contributed by atoms with Crippen molar-refractivity contribution >= 4 is 22.2 Å². The number of nitrogens with zero attached hydrogens (tertiary/aromatic N) is 1. The zero-order chi connectivity index (χ0) is 20.0. The maximum Gasteiger partial charge on any atom is 0.195 e. The molecule has 2 nitrogen and oxygen atoms in total. The van der Waals surface area contributed by atoms with Crippen LogP contribution in [0, 0.1) is 11.6 Å². The van der Waals surface area contributed by atoms with Gasteiger partial charge in [-0.05, 0) is 48.5 Å². The zero-order valence-corrected chi connectivity index (χ0v) is 15.3. The Hall–Kier alpha value is -3.79. The molecule has 140 valence electrons. The maximum atomic E-state index is 14.8. The first-order chi connectivity index (χ1) is 14.1. The molecule has 29 heavy (non-hydrogen) atoms. The van der Waals surface area contributed by atoms with Gasteiger partial charge >= 0.3 is 0 Å². The highest BCUT2D eigenvalue weighted by atomic mass is 19.1. The highest BCUT2D eigenvalue weighted by Crippen LogP contribution is 2.38. The molecule has 0 N–H and O–H groups in total. The van der Waals surface area contributed by atoms with Crippen molar-refractivity contribution in [3.05, 3.63) is 114 Å². The van der Waals surface area contributed by atoms with E-state index in [0.717, 1.165) is 10.9 Å². The number of fused-ring (bicyclic) bond motifs is 3. The molecule has 0 unspecified atom stereocenters. The second-order valence-corrected chi connectivity index (χ2v) is 6.85. The molecule has 4 heteroatoms. The van der Waals surface area contributed by atoms with Crippen molar-refractivity contribution in [2.45, 2.75) is 0 Å². The fourth-order valence-corrected chi connectivity index (χ4v) is 3.86. The molecule has 0 fully saturated rings. The second kappa shape index (κ2) is 6.67. The number of carbonyl (C=O) groups is 1. The van der Waals surface area contributed by atoms with Crippen molar-refractivity contribution in [2.75, 3.05) is 0 Å². The van der Waals surface area contributed by atoms with Crippen molar-refractivity contribution in [1.82, 2.24) is 4.40 Å². The SMILES string of the molecule is O=C(c1ccc(F)cc1)c1cccn2c1c(-c1ccccc1F)c1ccccc12. The Morgan fingerprint density at radius 2 is 1.48 bits per heavy atom. The standard InChI is InChI=1S/C25H15F2NO/c26-17-13-11-16(12-14-17)25(29)20-8-5-15-28-22-10-4-2-7-19(22)23(24(20)28)18-6-1-3-9-21(18)27/h1-15H. The lowest BCUT2D eigenvalue weighted by Gasteiger charge is -2.09. The van der Waals surface area contributed by atoms with E-state index in [2.05, 4.69) is 0 Å². The molecule has 0 saturated heterocycles. The minimum Gasteiger partial charge on any atom is -0.315 e. The van der Waals surface area contributed by atoms with Gasteiger partial charge in [-0.15, -0.1) is 0 Å². The molecule has 0 radical (unpaired) electrons. The van der Waals surface area contributed by atoms with Crippen LogP contribution in [0.2, 0.25) is 0 Å².